The van der Waals surface area contributed by atoms with Crippen molar-refractivity contribution in [3.63, 3.8) is 0 Å². The first-order chi connectivity index (χ1) is 9.84. The second-order valence-electron chi connectivity index (χ2n) is 4.13. The van der Waals surface area contributed by atoms with Gasteiger partial charge < -0.3 is 0 Å². The largest absolute Gasteiger partial charge is 0.200 e. The summed E-state index contributed by atoms with van der Waals surface area (Å²) >= 11 is 6.09. The molecule has 1 heterocycles. The van der Waals surface area contributed by atoms with E-state index in [4.69, 9.17) is 11.6 Å². The lowest BCUT2D eigenvalue weighted by Gasteiger charge is -2.00. The topological polar surface area (TPSA) is 43.1 Å². The van der Waals surface area contributed by atoms with Crippen molar-refractivity contribution in [1.29, 1.82) is 0 Å². The van der Waals surface area contributed by atoms with E-state index >= 15 is 0 Å². The van der Waals surface area contributed by atoms with Crippen LogP contribution in [0.25, 0.3) is 11.4 Å². The fourth-order valence-corrected chi connectivity index (χ4v) is 1.98. The van der Waals surface area contributed by atoms with E-state index in [9.17, 15) is 0 Å². The van der Waals surface area contributed by atoms with Gasteiger partial charge in [-0.15, -0.1) is 10.2 Å². The highest BCUT2D eigenvalue weighted by molar-refractivity contribution is 6.33. The van der Waals surface area contributed by atoms with E-state index in [2.05, 4.69) is 15.3 Å². The van der Waals surface area contributed by atoms with Crippen LogP contribution < -0.4 is 0 Å². The summed E-state index contributed by atoms with van der Waals surface area (Å²) in [5, 5.41) is 13.0. The molecule has 0 radical (unpaired) electrons. The van der Waals surface area contributed by atoms with Crippen LogP contribution in [-0.2, 0) is 0 Å². The molecule has 1 aromatic heterocycles. The molecule has 0 saturated heterocycles. The summed E-state index contributed by atoms with van der Waals surface area (Å²) in [4.78, 5) is 0. The minimum atomic E-state index is 0.658. The van der Waals surface area contributed by atoms with Gasteiger partial charge in [-0.25, -0.2) is 0 Å². The molecule has 0 saturated carbocycles. The lowest BCUT2D eigenvalue weighted by Crippen LogP contribution is -1.93. The van der Waals surface area contributed by atoms with Crippen molar-refractivity contribution < 1.29 is 0 Å². The maximum atomic E-state index is 6.09. The first-order valence-electron chi connectivity index (χ1n) is 6.09. The van der Waals surface area contributed by atoms with E-state index in [-0.39, 0.29) is 0 Å². The Balaban J connectivity index is 1.94. The molecule has 0 spiro atoms. The number of rotatable bonds is 3. The molecule has 0 bridgehead atoms. The standard InChI is InChI=1S/C15H11ClN4/c16-14-9-5-4-8-13(14)10-18-20-11-17-19-15(20)12-6-2-1-3-7-12/h1-11H/b18-10-. The van der Waals surface area contributed by atoms with Gasteiger partial charge in [0.25, 0.3) is 0 Å². The lowest BCUT2D eigenvalue weighted by molar-refractivity contribution is 0.888. The molecule has 2 aromatic carbocycles. The summed E-state index contributed by atoms with van der Waals surface area (Å²) in [7, 11) is 0. The molecular weight excluding hydrogens is 272 g/mol. The molecular formula is C15H11ClN4. The highest BCUT2D eigenvalue weighted by atomic mass is 35.5. The van der Waals surface area contributed by atoms with Gasteiger partial charge in [0.05, 0.1) is 6.21 Å². The van der Waals surface area contributed by atoms with Crippen LogP contribution in [0.4, 0.5) is 0 Å². The molecule has 0 unspecified atom stereocenters. The normalized spacial score (nSPS) is 11.1. The van der Waals surface area contributed by atoms with E-state index in [1.165, 1.54) is 0 Å². The monoisotopic (exact) mass is 282 g/mol. The Labute approximate surface area is 121 Å². The summed E-state index contributed by atoms with van der Waals surface area (Å²) in [6.45, 7) is 0. The Morgan fingerprint density at radius 1 is 1.00 bits per heavy atom. The lowest BCUT2D eigenvalue weighted by atomic mass is 10.2. The van der Waals surface area contributed by atoms with Gasteiger partial charge in [-0.05, 0) is 6.07 Å². The molecule has 0 aliphatic carbocycles. The quantitative estimate of drug-likeness (QED) is 0.690. The zero-order valence-corrected chi connectivity index (χ0v) is 11.3. The summed E-state index contributed by atoms with van der Waals surface area (Å²) in [6.07, 6.45) is 3.26. The number of aromatic nitrogens is 3. The molecule has 0 fully saturated rings. The number of hydrogen-bond donors (Lipinski definition) is 0. The number of halogens is 1. The predicted octanol–water partition coefficient (Wildman–Crippen LogP) is 3.48. The van der Waals surface area contributed by atoms with Crippen LogP contribution >= 0.6 is 11.6 Å². The third-order valence-electron chi connectivity index (χ3n) is 2.79. The fraction of sp³-hybridized carbons (Fsp3) is 0. The SMILES string of the molecule is Clc1ccccc1/C=N\n1cnnc1-c1ccccc1. The molecule has 4 nitrogen and oxygen atoms in total. The van der Waals surface area contributed by atoms with Crippen LogP contribution in [-0.4, -0.2) is 21.1 Å². The Hall–Kier alpha value is -2.46. The van der Waals surface area contributed by atoms with Gasteiger partial charge in [0.1, 0.15) is 6.33 Å². The van der Waals surface area contributed by atoms with E-state index in [1.54, 1.807) is 17.2 Å². The first-order valence-corrected chi connectivity index (χ1v) is 6.47. The summed E-state index contributed by atoms with van der Waals surface area (Å²) in [5.41, 5.74) is 1.81. The zero-order valence-electron chi connectivity index (χ0n) is 10.5. The van der Waals surface area contributed by atoms with Crippen LogP contribution in [0.5, 0.6) is 0 Å². The van der Waals surface area contributed by atoms with E-state index < -0.39 is 0 Å². The Kier molecular flexibility index (Phi) is 3.56. The number of benzene rings is 2. The highest BCUT2D eigenvalue weighted by Gasteiger charge is 2.05. The van der Waals surface area contributed by atoms with Crippen LogP contribution in [0.15, 0.2) is 66.0 Å². The highest BCUT2D eigenvalue weighted by Crippen LogP contribution is 2.16. The second-order valence-corrected chi connectivity index (χ2v) is 4.54. The van der Waals surface area contributed by atoms with E-state index in [0.717, 1.165) is 11.1 Å². The van der Waals surface area contributed by atoms with Crippen LogP contribution in [0.1, 0.15) is 5.56 Å². The summed E-state index contributed by atoms with van der Waals surface area (Å²) < 4.78 is 1.62. The van der Waals surface area contributed by atoms with Crippen molar-refractivity contribution in [3.05, 3.63) is 71.5 Å². The summed E-state index contributed by atoms with van der Waals surface area (Å²) in [6, 6.07) is 17.3. The maximum absolute atomic E-state index is 6.09. The third-order valence-corrected chi connectivity index (χ3v) is 3.13. The molecule has 3 aromatic rings. The van der Waals surface area contributed by atoms with Gasteiger partial charge in [0, 0.05) is 16.1 Å². The molecule has 3 rings (SSSR count). The van der Waals surface area contributed by atoms with Crippen LogP contribution in [0.2, 0.25) is 5.02 Å². The Morgan fingerprint density at radius 2 is 1.75 bits per heavy atom. The van der Waals surface area contributed by atoms with Crippen molar-refractivity contribution in [1.82, 2.24) is 14.9 Å². The fourth-order valence-electron chi connectivity index (χ4n) is 1.80. The van der Waals surface area contributed by atoms with E-state index in [1.807, 2.05) is 54.6 Å². The molecule has 0 aliphatic heterocycles. The van der Waals surface area contributed by atoms with Gasteiger partial charge in [0.15, 0.2) is 5.82 Å². The average Bonchev–Trinajstić information content (AvgIpc) is 2.96. The smallest absolute Gasteiger partial charge is 0.184 e. The maximum Gasteiger partial charge on any atom is 0.184 e. The Morgan fingerprint density at radius 3 is 2.55 bits per heavy atom. The molecule has 0 atom stereocenters. The summed E-state index contributed by atoms with van der Waals surface area (Å²) in [5.74, 6) is 0.689. The number of hydrogen-bond acceptors (Lipinski definition) is 3. The predicted molar refractivity (Wildman–Crippen MR) is 79.9 cm³/mol. The van der Waals surface area contributed by atoms with Crippen molar-refractivity contribution in [2.24, 2.45) is 5.10 Å². The zero-order chi connectivity index (χ0) is 13.8. The molecule has 20 heavy (non-hydrogen) atoms. The molecule has 98 valence electrons. The van der Waals surface area contributed by atoms with Gasteiger partial charge in [0.2, 0.25) is 0 Å². The van der Waals surface area contributed by atoms with Gasteiger partial charge in [-0.1, -0.05) is 60.1 Å². The molecule has 0 aliphatic rings. The first kappa shape index (κ1) is 12.6. The van der Waals surface area contributed by atoms with Crippen molar-refractivity contribution >= 4 is 17.8 Å². The minimum Gasteiger partial charge on any atom is -0.200 e. The molecule has 0 amide bonds. The van der Waals surface area contributed by atoms with Crippen molar-refractivity contribution in [2.75, 3.05) is 0 Å². The molecule has 5 heteroatoms. The third kappa shape index (κ3) is 2.60. The second kappa shape index (κ2) is 5.67. The van der Waals surface area contributed by atoms with Gasteiger partial charge >= 0.3 is 0 Å². The van der Waals surface area contributed by atoms with E-state index in [0.29, 0.717) is 10.8 Å². The number of nitrogens with zero attached hydrogens (tertiary/aromatic N) is 4. The van der Waals surface area contributed by atoms with Gasteiger partial charge in [-0.3, -0.25) is 0 Å². The van der Waals surface area contributed by atoms with Crippen LogP contribution in [0, 0.1) is 0 Å². The van der Waals surface area contributed by atoms with Gasteiger partial charge in [-0.2, -0.15) is 9.78 Å². The van der Waals surface area contributed by atoms with Crippen molar-refractivity contribution in [2.45, 2.75) is 0 Å². The minimum absolute atomic E-state index is 0.658. The Bertz CT molecular complexity index is 734. The van der Waals surface area contributed by atoms with Crippen molar-refractivity contribution in [3.8, 4) is 11.4 Å². The van der Waals surface area contributed by atoms with Crippen LogP contribution in [0.3, 0.4) is 0 Å². The average molecular weight is 283 g/mol. The molecule has 0 N–H and O–H groups in total.